The normalized spacial score (nSPS) is 16.9. The van der Waals surface area contributed by atoms with E-state index < -0.39 is 23.7 Å². The van der Waals surface area contributed by atoms with Gasteiger partial charge >= 0.3 is 6.18 Å². The van der Waals surface area contributed by atoms with Crippen LogP contribution in [-0.2, 0) is 15.8 Å². The summed E-state index contributed by atoms with van der Waals surface area (Å²) in [7, 11) is 0. The molecule has 1 heterocycles. The first-order chi connectivity index (χ1) is 15.2. The Labute approximate surface area is 185 Å². The number of amides is 1. The molecule has 1 amide bonds. The van der Waals surface area contributed by atoms with E-state index in [1.165, 1.54) is 29.2 Å². The van der Waals surface area contributed by atoms with Crippen molar-refractivity contribution in [2.24, 2.45) is 5.92 Å². The Kier molecular flexibility index (Phi) is 7.56. The van der Waals surface area contributed by atoms with Crippen LogP contribution in [0.5, 0.6) is 5.75 Å². The van der Waals surface area contributed by atoms with Gasteiger partial charge in [0.1, 0.15) is 12.0 Å². The molecule has 5 nitrogen and oxygen atoms in total. The number of hydrogen-bond acceptors (Lipinski definition) is 4. The summed E-state index contributed by atoms with van der Waals surface area (Å²) in [5, 5.41) is 13.0. The second-order valence-corrected chi connectivity index (χ2v) is 8.26. The molecule has 0 spiro atoms. The minimum absolute atomic E-state index is 0.0453. The average Bonchev–Trinajstić information content (AvgIpc) is 2.77. The molecule has 2 N–H and O–H groups in total. The van der Waals surface area contributed by atoms with E-state index in [4.69, 9.17) is 0 Å². The molecule has 1 saturated heterocycles. The fourth-order valence-electron chi connectivity index (χ4n) is 4.41. The van der Waals surface area contributed by atoms with E-state index in [0.717, 1.165) is 44.4 Å². The Morgan fingerprint density at radius 2 is 1.78 bits per heavy atom. The lowest BCUT2D eigenvalue weighted by molar-refractivity contribution is -0.137. The van der Waals surface area contributed by atoms with Crippen LogP contribution in [0.25, 0.3) is 0 Å². The number of alkyl halides is 3. The number of benzene rings is 2. The van der Waals surface area contributed by atoms with Gasteiger partial charge in [0.25, 0.3) is 0 Å². The summed E-state index contributed by atoms with van der Waals surface area (Å²) in [4.78, 5) is 26.0. The van der Waals surface area contributed by atoms with Crippen LogP contribution in [-0.4, -0.2) is 42.3 Å². The highest BCUT2D eigenvalue weighted by Crippen LogP contribution is 2.38. The number of aldehydes is 1. The third-order valence-electron chi connectivity index (χ3n) is 6.10. The van der Waals surface area contributed by atoms with Gasteiger partial charge in [0.05, 0.1) is 17.5 Å². The molecular formula is C24H27F3N2O3. The Balaban J connectivity index is 2.04. The molecule has 0 aliphatic carbocycles. The van der Waals surface area contributed by atoms with Crippen molar-refractivity contribution in [2.45, 2.75) is 37.9 Å². The van der Waals surface area contributed by atoms with Crippen molar-refractivity contribution >= 4 is 12.7 Å². The third-order valence-corrected chi connectivity index (χ3v) is 6.10. The first-order valence-corrected chi connectivity index (χ1v) is 10.6. The Morgan fingerprint density at radius 3 is 2.31 bits per heavy atom. The number of nitrogens with zero attached hydrogens (tertiary/aromatic N) is 1. The van der Waals surface area contributed by atoms with Gasteiger partial charge in [0.2, 0.25) is 6.41 Å². The largest absolute Gasteiger partial charge is 0.508 e. The monoisotopic (exact) mass is 448 g/mol. The number of phenolic OH excluding ortho intramolecular Hbond substituents is 1. The van der Waals surface area contributed by atoms with Gasteiger partial charge < -0.3 is 20.1 Å². The SMILES string of the molecule is Cc1cc(O)ccc1C(C=O)[C@H](c1ccc(C(F)(F)F)cc1)N(C=O)CC1CCNCC1. The van der Waals surface area contributed by atoms with Crippen molar-refractivity contribution in [3.63, 3.8) is 0 Å². The van der Waals surface area contributed by atoms with Gasteiger partial charge in [-0.15, -0.1) is 0 Å². The predicted molar refractivity (Wildman–Crippen MR) is 114 cm³/mol. The molecule has 172 valence electrons. The van der Waals surface area contributed by atoms with Crippen LogP contribution in [0.3, 0.4) is 0 Å². The van der Waals surface area contributed by atoms with Crippen molar-refractivity contribution in [2.75, 3.05) is 19.6 Å². The zero-order valence-electron chi connectivity index (χ0n) is 17.8. The molecule has 0 bridgehead atoms. The highest BCUT2D eigenvalue weighted by molar-refractivity contribution is 5.67. The first-order valence-electron chi connectivity index (χ1n) is 10.6. The van der Waals surface area contributed by atoms with Crippen LogP contribution >= 0.6 is 0 Å². The maximum atomic E-state index is 13.1. The summed E-state index contributed by atoms with van der Waals surface area (Å²) < 4.78 is 39.2. The lowest BCUT2D eigenvalue weighted by atomic mass is 9.84. The molecule has 32 heavy (non-hydrogen) atoms. The second-order valence-electron chi connectivity index (χ2n) is 8.26. The van der Waals surface area contributed by atoms with Crippen LogP contribution in [0.4, 0.5) is 13.2 Å². The number of aryl methyl sites for hydroxylation is 1. The molecule has 0 aromatic heterocycles. The number of hydrogen-bond donors (Lipinski definition) is 2. The Hall–Kier alpha value is -2.87. The molecule has 0 saturated carbocycles. The van der Waals surface area contributed by atoms with E-state index in [2.05, 4.69) is 5.32 Å². The van der Waals surface area contributed by atoms with Gasteiger partial charge in [-0.1, -0.05) is 18.2 Å². The zero-order valence-corrected chi connectivity index (χ0v) is 17.8. The van der Waals surface area contributed by atoms with Gasteiger partial charge in [0, 0.05) is 6.54 Å². The molecular weight excluding hydrogens is 421 g/mol. The van der Waals surface area contributed by atoms with E-state index in [1.807, 2.05) is 0 Å². The van der Waals surface area contributed by atoms with Crippen LogP contribution < -0.4 is 5.32 Å². The highest BCUT2D eigenvalue weighted by atomic mass is 19.4. The summed E-state index contributed by atoms with van der Waals surface area (Å²) >= 11 is 0. The summed E-state index contributed by atoms with van der Waals surface area (Å²) in [6.07, 6.45) is -1.34. The van der Waals surface area contributed by atoms with Crippen molar-refractivity contribution in [3.05, 3.63) is 64.7 Å². The maximum Gasteiger partial charge on any atom is 0.416 e. The lowest BCUT2D eigenvalue weighted by Crippen LogP contribution is -2.39. The van der Waals surface area contributed by atoms with E-state index in [-0.39, 0.29) is 11.7 Å². The number of piperidine rings is 1. The summed E-state index contributed by atoms with van der Waals surface area (Å²) in [6, 6.07) is 8.44. The van der Waals surface area contributed by atoms with Crippen LogP contribution in [0, 0.1) is 12.8 Å². The van der Waals surface area contributed by atoms with Crippen LogP contribution in [0.1, 0.15) is 47.1 Å². The summed E-state index contributed by atoms with van der Waals surface area (Å²) in [6.45, 7) is 3.80. The van der Waals surface area contributed by atoms with Crippen molar-refractivity contribution in [1.29, 1.82) is 0 Å². The van der Waals surface area contributed by atoms with Gasteiger partial charge in [-0.2, -0.15) is 13.2 Å². The molecule has 2 atom stereocenters. The predicted octanol–water partition coefficient (Wildman–Crippen LogP) is 4.20. The fourth-order valence-corrected chi connectivity index (χ4v) is 4.41. The summed E-state index contributed by atoms with van der Waals surface area (Å²) in [5.41, 5.74) is 0.926. The Bertz CT molecular complexity index is 925. The van der Waals surface area contributed by atoms with Crippen LogP contribution in [0.2, 0.25) is 0 Å². The van der Waals surface area contributed by atoms with E-state index in [9.17, 15) is 27.9 Å². The van der Waals surface area contributed by atoms with Gasteiger partial charge in [-0.25, -0.2) is 0 Å². The number of carbonyl (C=O) groups is 2. The lowest BCUT2D eigenvalue weighted by Gasteiger charge is -2.37. The number of nitrogens with one attached hydrogen (secondary N) is 1. The number of rotatable bonds is 8. The highest BCUT2D eigenvalue weighted by Gasteiger charge is 2.34. The van der Waals surface area contributed by atoms with Crippen molar-refractivity contribution < 1.29 is 27.9 Å². The first kappa shape index (κ1) is 23.8. The van der Waals surface area contributed by atoms with Crippen LogP contribution in [0.15, 0.2) is 42.5 Å². The molecule has 0 radical (unpaired) electrons. The van der Waals surface area contributed by atoms with Crippen molar-refractivity contribution in [1.82, 2.24) is 10.2 Å². The van der Waals surface area contributed by atoms with E-state index in [0.29, 0.717) is 29.6 Å². The molecule has 2 aromatic rings. The van der Waals surface area contributed by atoms with Gasteiger partial charge in [0.15, 0.2) is 0 Å². The Morgan fingerprint density at radius 1 is 1.12 bits per heavy atom. The minimum Gasteiger partial charge on any atom is -0.508 e. The average molecular weight is 448 g/mol. The van der Waals surface area contributed by atoms with E-state index >= 15 is 0 Å². The fraction of sp³-hybridized carbons (Fsp3) is 0.417. The summed E-state index contributed by atoms with van der Waals surface area (Å²) in [5.74, 6) is -0.533. The van der Waals surface area contributed by atoms with E-state index in [1.54, 1.807) is 13.0 Å². The van der Waals surface area contributed by atoms with Gasteiger partial charge in [-0.05, 0) is 79.7 Å². The number of aromatic hydroxyl groups is 1. The standard InChI is InChI=1S/C24H27F3N2O3/c1-16-12-20(32)6-7-21(16)22(14-30)23(18-2-4-19(5-3-18)24(25,26)27)29(15-31)13-17-8-10-28-11-9-17/h2-7,12,14-15,17,22-23,28,32H,8-11,13H2,1H3/t22?,23-/m0/s1. The minimum atomic E-state index is -4.48. The number of halogens is 3. The second kappa shape index (κ2) is 10.2. The molecule has 3 rings (SSSR count). The topological polar surface area (TPSA) is 69.6 Å². The smallest absolute Gasteiger partial charge is 0.416 e. The molecule has 1 unspecified atom stereocenters. The maximum absolute atomic E-state index is 13.1. The van der Waals surface area contributed by atoms with Gasteiger partial charge in [-0.3, -0.25) is 4.79 Å². The molecule has 8 heteroatoms. The van der Waals surface area contributed by atoms with Crippen molar-refractivity contribution in [3.8, 4) is 5.75 Å². The number of carbonyl (C=O) groups excluding carboxylic acids is 2. The molecule has 1 aliphatic heterocycles. The molecule has 1 aliphatic rings. The number of phenols is 1. The zero-order chi connectivity index (χ0) is 23.3. The molecule has 2 aromatic carbocycles. The molecule has 1 fully saturated rings. The third kappa shape index (κ3) is 5.48. The quantitative estimate of drug-likeness (QED) is 0.594.